The summed E-state index contributed by atoms with van der Waals surface area (Å²) in [5, 5.41) is 13.4. The highest BCUT2D eigenvalue weighted by molar-refractivity contribution is 7.10. The van der Waals surface area contributed by atoms with Gasteiger partial charge in [0.15, 0.2) is 0 Å². The first-order chi connectivity index (χ1) is 18.7. The smallest absolute Gasteiger partial charge is 0.271 e. The summed E-state index contributed by atoms with van der Waals surface area (Å²) in [7, 11) is 0. The van der Waals surface area contributed by atoms with E-state index in [2.05, 4.69) is 25.9 Å². The fourth-order valence-electron chi connectivity index (χ4n) is 4.19. The molecular formula is C27H32N6O4S2. The van der Waals surface area contributed by atoms with E-state index < -0.39 is 12.1 Å². The lowest BCUT2D eigenvalue weighted by molar-refractivity contribution is -0.134. The van der Waals surface area contributed by atoms with Gasteiger partial charge in [-0.15, -0.1) is 22.7 Å². The lowest BCUT2D eigenvalue weighted by Gasteiger charge is -2.23. The van der Waals surface area contributed by atoms with Crippen LogP contribution in [0.2, 0.25) is 0 Å². The quantitative estimate of drug-likeness (QED) is 0.445. The average molecular weight is 569 g/mol. The van der Waals surface area contributed by atoms with Crippen LogP contribution in [0.15, 0.2) is 41.1 Å². The van der Waals surface area contributed by atoms with Crippen molar-refractivity contribution in [2.75, 3.05) is 19.6 Å². The second-order valence-electron chi connectivity index (χ2n) is 9.70. The van der Waals surface area contributed by atoms with E-state index >= 15 is 0 Å². The summed E-state index contributed by atoms with van der Waals surface area (Å²) in [6.07, 6.45) is 0.952. The van der Waals surface area contributed by atoms with E-state index in [1.54, 1.807) is 10.8 Å². The van der Waals surface area contributed by atoms with Crippen molar-refractivity contribution in [2.24, 2.45) is 5.92 Å². The zero-order valence-electron chi connectivity index (χ0n) is 22.1. The van der Waals surface area contributed by atoms with Crippen LogP contribution in [0.25, 0.3) is 0 Å². The summed E-state index contributed by atoms with van der Waals surface area (Å²) in [6, 6.07) is 8.82. The molecule has 0 unspecified atom stereocenters. The van der Waals surface area contributed by atoms with Crippen molar-refractivity contribution >= 4 is 46.3 Å². The van der Waals surface area contributed by atoms with Crippen LogP contribution in [-0.2, 0) is 16.0 Å². The lowest BCUT2D eigenvalue weighted by atomic mass is 10.0. The Hall–Kier alpha value is -3.64. The van der Waals surface area contributed by atoms with Crippen molar-refractivity contribution < 1.29 is 19.2 Å². The van der Waals surface area contributed by atoms with Crippen LogP contribution in [0.1, 0.15) is 75.8 Å². The molecule has 0 saturated heterocycles. The number of rotatable bonds is 3. The molecule has 2 aromatic heterocycles. The Labute approximate surface area is 235 Å². The molecule has 4 bridgehead atoms. The normalized spacial score (nSPS) is 19.4. The van der Waals surface area contributed by atoms with E-state index in [0.717, 1.165) is 5.56 Å². The predicted molar refractivity (Wildman–Crippen MR) is 150 cm³/mol. The average Bonchev–Trinajstić information content (AvgIpc) is 3.59. The molecule has 1 aliphatic rings. The summed E-state index contributed by atoms with van der Waals surface area (Å²) in [6.45, 7) is 5.86. The number of carbonyl (C=O) groups is 4. The van der Waals surface area contributed by atoms with E-state index in [4.69, 9.17) is 0 Å². The topological polar surface area (TPSA) is 133 Å². The predicted octanol–water partition coefficient (Wildman–Crippen LogP) is 3.11. The first-order valence-electron chi connectivity index (χ1n) is 12.8. The van der Waals surface area contributed by atoms with Gasteiger partial charge in [0, 0.05) is 30.8 Å². The number of fused-ring (bicyclic) bond motifs is 4. The number of aromatic nitrogens is 2. The van der Waals surface area contributed by atoms with Crippen LogP contribution in [0.3, 0.4) is 0 Å². The molecule has 3 N–H and O–H groups in total. The number of amides is 4. The van der Waals surface area contributed by atoms with Crippen LogP contribution in [-0.4, -0.2) is 58.1 Å². The molecule has 1 aliphatic heterocycles. The first-order valence-corrected chi connectivity index (χ1v) is 14.6. The van der Waals surface area contributed by atoms with E-state index in [1.807, 2.05) is 44.2 Å². The van der Waals surface area contributed by atoms with Crippen LogP contribution in [0.4, 0.5) is 0 Å². The van der Waals surface area contributed by atoms with Gasteiger partial charge in [-0.05, 0) is 24.3 Å². The third-order valence-corrected chi connectivity index (χ3v) is 8.20. The molecule has 3 heterocycles. The fourth-order valence-corrected chi connectivity index (χ4v) is 6.06. The molecular weight excluding hydrogens is 536 g/mol. The maximum Gasteiger partial charge on any atom is 0.271 e. The molecule has 0 fully saturated rings. The zero-order valence-corrected chi connectivity index (χ0v) is 23.7. The van der Waals surface area contributed by atoms with E-state index in [0.29, 0.717) is 35.9 Å². The summed E-state index contributed by atoms with van der Waals surface area (Å²) in [5.41, 5.74) is 1.52. The molecule has 0 radical (unpaired) electrons. The Morgan fingerprint density at radius 3 is 2.36 bits per heavy atom. The SMILES string of the molecule is CC(=O)N1CCCNC(=O)c2csc(n2)[C@H](C(C)C)NC(=O)c2csc(n2)[C@H](Cc2ccccc2)NC(=O)C1. The molecule has 0 saturated carbocycles. The van der Waals surface area contributed by atoms with Crippen LogP contribution < -0.4 is 16.0 Å². The Bertz CT molecular complexity index is 1320. The molecule has 4 rings (SSSR count). The number of benzene rings is 1. The largest absolute Gasteiger partial charge is 0.351 e. The Morgan fingerprint density at radius 2 is 1.67 bits per heavy atom. The Morgan fingerprint density at radius 1 is 1.00 bits per heavy atom. The molecule has 10 nitrogen and oxygen atoms in total. The highest BCUT2D eigenvalue weighted by atomic mass is 32.1. The van der Waals surface area contributed by atoms with Gasteiger partial charge in [-0.3, -0.25) is 19.2 Å². The van der Waals surface area contributed by atoms with Gasteiger partial charge in [0.1, 0.15) is 21.4 Å². The second-order valence-corrected chi connectivity index (χ2v) is 11.5. The van der Waals surface area contributed by atoms with Crippen molar-refractivity contribution in [1.82, 2.24) is 30.8 Å². The summed E-state index contributed by atoms with van der Waals surface area (Å²) in [4.78, 5) is 61.7. The number of nitrogens with zero attached hydrogens (tertiary/aromatic N) is 3. The third-order valence-electron chi connectivity index (χ3n) is 6.31. The van der Waals surface area contributed by atoms with Gasteiger partial charge >= 0.3 is 0 Å². The molecule has 0 spiro atoms. The standard InChI is InChI=1S/C27H32N6O4S2/c1-16(2)23-27-31-20(14-39-27)24(36)28-10-7-11-33(17(3)34)13-22(35)29-19(12-18-8-5-4-6-9-18)26-30-21(15-38-26)25(37)32-23/h4-6,8-9,14-16,19,23H,7,10-13H2,1-3H3,(H,28,36)(H,29,35)(H,32,37)/t19-,23-/m0/s1. The maximum absolute atomic E-state index is 13.2. The number of hydrogen-bond donors (Lipinski definition) is 3. The van der Waals surface area contributed by atoms with Gasteiger partial charge in [0.25, 0.3) is 11.8 Å². The monoisotopic (exact) mass is 568 g/mol. The Kier molecular flexibility index (Phi) is 9.41. The first kappa shape index (κ1) is 28.4. The lowest BCUT2D eigenvalue weighted by Crippen LogP contribution is -2.42. The molecule has 1 aromatic carbocycles. The second kappa shape index (κ2) is 12.9. The third kappa shape index (κ3) is 7.48. The summed E-state index contributed by atoms with van der Waals surface area (Å²) in [5.74, 6) is -1.24. The minimum Gasteiger partial charge on any atom is -0.351 e. The summed E-state index contributed by atoms with van der Waals surface area (Å²) >= 11 is 2.62. The molecule has 3 aromatic rings. The number of nitrogens with one attached hydrogen (secondary N) is 3. The minimum atomic E-state index is -0.482. The summed E-state index contributed by atoms with van der Waals surface area (Å²) < 4.78 is 0. The van der Waals surface area contributed by atoms with Gasteiger partial charge < -0.3 is 20.9 Å². The van der Waals surface area contributed by atoms with Crippen molar-refractivity contribution in [2.45, 2.75) is 45.7 Å². The van der Waals surface area contributed by atoms with Gasteiger partial charge in [-0.1, -0.05) is 44.2 Å². The van der Waals surface area contributed by atoms with E-state index in [-0.39, 0.29) is 47.5 Å². The minimum absolute atomic E-state index is 0.0194. The van der Waals surface area contributed by atoms with Gasteiger partial charge in [0.05, 0.1) is 18.6 Å². The van der Waals surface area contributed by atoms with Gasteiger partial charge in [-0.2, -0.15) is 0 Å². The highest BCUT2D eigenvalue weighted by Gasteiger charge is 2.27. The van der Waals surface area contributed by atoms with Gasteiger partial charge in [0.2, 0.25) is 11.8 Å². The number of thiazole rings is 2. The fraction of sp³-hybridized carbons (Fsp3) is 0.407. The molecule has 39 heavy (non-hydrogen) atoms. The highest BCUT2D eigenvalue weighted by Crippen LogP contribution is 2.27. The van der Waals surface area contributed by atoms with Crippen molar-refractivity contribution in [3.05, 3.63) is 68.1 Å². The van der Waals surface area contributed by atoms with Gasteiger partial charge in [-0.25, -0.2) is 9.97 Å². The van der Waals surface area contributed by atoms with Crippen molar-refractivity contribution in [1.29, 1.82) is 0 Å². The van der Waals surface area contributed by atoms with Crippen LogP contribution in [0, 0.1) is 5.92 Å². The molecule has 0 aliphatic carbocycles. The molecule has 206 valence electrons. The van der Waals surface area contributed by atoms with E-state index in [1.165, 1.54) is 34.5 Å². The Balaban J connectivity index is 1.65. The van der Waals surface area contributed by atoms with Crippen molar-refractivity contribution in [3.63, 3.8) is 0 Å². The molecule has 4 amide bonds. The molecule has 12 heteroatoms. The number of hydrogen-bond acceptors (Lipinski definition) is 8. The van der Waals surface area contributed by atoms with Crippen molar-refractivity contribution in [3.8, 4) is 0 Å². The van der Waals surface area contributed by atoms with E-state index in [9.17, 15) is 19.2 Å². The molecule has 2 atom stereocenters. The zero-order chi connectivity index (χ0) is 27.9. The maximum atomic E-state index is 13.2. The van der Waals surface area contributed by atoms with Crippen LogP contribution in [0.5, 0.6) is 0 Å². The number of carbonyl (C=O) groups excluding carboxylic acids is 4. The van der Waals surface area contributed by atoms with Crippen LogP contribution >= 0.6 is 22.7 Å².